The van der Waals surface area contributed by atoms with Crippen LogP contribution in [0.5, 0.6) is 5.75 Å². The first kappa shape index (κ1) is 20.5. The Morgan fingerprint density at radius 1 is 1.07 bits per heavy atom. The van der Waals surface area contributed by atoms with Gasteiger partial charge in [0.1, 0.15) is 24.7 Å². The maximum Gasteiger partial charge on any atom is 0.326 e. The number of nitrogens with zero attached hydrogens (tertiary/aromatic N) is 2. The molecule has 27 heavy (non-hydrogen) atoms. The third kappa shape index (κ3) is 4.68. The molecular weight excluding hydrogens is 373 g/mol. The molecule has 0 spiro atoms. The molecule has 6 nitrogen and oxygen atoms in total. The lowest BCUT2D eigenvalue weighted by molar-refractivity contribution is -0.143. The third-order valence-electron chi connectivity index (χ3n) is 3.96. The first-order valence-electron chi connectivity index (χ1n) is 8.36. The second kappa shape index (κ2) is 9.23. The van der Waals surface area contributed by atoms with Gasteiger partial charge in [-0.15, -0.1) is 12.4 Å². The zero-order valence-corrected chi connectivity index (χ0v) is 15.7. The number of halogens is 2. The molecule has 0 aliphatic carbocycles. The van der Waals surface area contributed by atoms with E-state index in [1.54, 1.807) is 28.2 Å². The summed E-state index contributed by atoms with van der Waals surface area (Å²) in [5.74, 6) is -0.132. The number of nitrogens with one attached hydrogen (secondary N) is 1. The molecule has 0 radical (unpaired) electrons. The van der Waals surface area contributed by atoms with Crippen LogP contribution < -0.4 is 10.4 Å². The Labute approximate surface area is 162 Å². The summed E-state index contributed by atoms with van der Waals surface area (Å²) in [4.78, 5) is 11.9. The quantitative estimate of drug-likeness (QED) is 0.627. The van der Waals surface area contributed by atoms with Crippen molar-refractivity contribution in [2.24, 2.45) is 0 Å². The van der Waals surface area contributed by atoms with Crippen molar-refractivity contribution in [3.63, 3.8) is 0 Å². The van der Waals surface area contributed by atoms with Gasteiger partial charge in [0.05, 0.1) is 24.2 Å². The lowest BCUT2D eigenvalue weighted by Gasteiger charge is -2.08. The molecule has 0 aliphatic rings. The Balaban J connectivity index is 0.00000261. The molecule has 1 heterocycles. The fourth-order valence-corrected chi connectivity index (χ4v) is 2.80. The summed E-state index contributed by atoms with van der Waals surface area (Å²) >= 11 is 0. The Kier molecular flexibility index (Phi) is 7.01. The molecule has 0 unspecified atom stereocenters. The predicted molar refractivity (Wildman–Crippen MR) is 102 cm³/mol. The fourth-order valence-electron chi connectivity index (χ4n) is 2.80. The van der Waals surface area contributed by atoms with Crippen LogP contribution in [-0.4, -0.2) is 28.3 Å². The van der Waals surface area contributed by atoms with Crippen LogP contribution in [0.1, 0.15) is 6.92 Å². The Bertz CT molecular complexity index is 966. The molecule has 0 atom stereocenters. The van der Waals surface area contributed by atoms with Gasteiger partial charge in [-0.25, -0.2) is 4.39 Å². The van der Waals surface area contributed by atoms with Crippen LogP contribution >= 0.6 is 12.4 Å². The first-order chi connectivity index (χ1) is 12.6. The van der Waals surface area contributed by atoms with Crippen molar-refractivity contribution in [1.29, 1.82) is 5.41 Å². The Morgan fingerprint density at radius 3 is 2.33 bits per heavy atom. The fraction of sp³-hybridized carbons (Fsp3) is 0.263. The van der Waals surface area contributed by atoms with E-state index in [4.69, 9.17) is 14.9 Å². The highest BCUT2D eigenvalue weighted by molar-refractivity contribution is 5.85. The number of fused-ring (bicyclic) bond motifs is 1. The molecule has 0 saturated heterocycles. The zero-order chi connectivity index (χ0) is 18.5. The van der Waals surface area contributed by atoms with E-state index in [-0.39, 0.29) is 36.4 Å². The monoisotopic (exact) mass is 393 g/mol. The lowest BCUT2D eigenvalue weighted by atomic mass is 10.3. The van der Waals surface area contributed by atoms with Crippen LogP contribution in [0.3, 0.4) is 0 Å². The van der Waals surface area contributed by atoms with Crippen LogP contribution in [0, 0.1) is 11.2 Å². The molecular formula is C19H21ClFN3O3. The van der Waals surface area contributed by atoms with E-state index < -0.39 is 0 Å². The van der Waals surface area contributed by atoms with Crippen molar-refractivity contribution >= 4 is 29.4 Å². The van der Waals surface area contributed by atoms with Gasteiger partial charge < -0.3 is 14.0 Å². The van der Waals surface area contributed by atoms with Crippen molar-refractivity contribution in [3.05, 3.63) is 60.0 Å². The molecule has 2 aromatic carbocycles. The van der Waals surface area contributed by atoms with Crippen molar-refractivity contribution < 1.29 is 18.7 Å². The van der Waals surface area contributed by atoms with E-state index in [2.05, 4.69) is 0 Å². The normalized spacial score (nSPS) is 10.4. The Hall–Kier alpha value is -2.80. The topological polar surface area (TPSA) is 69.2 Å². The summed E-state index contributed by atoms with van der Waals surface area (Å²) < 4.78 is 27.0. The number of para-hydroxylation sites is 2. The van der Waals surface area contributed by atoms with Crippen LogP contribution in [-0.2, 0) is 22.6 Å². The van der Waals surface area contributed by atoms with Gasteiger partial charge in [-0.05, 0) is 43.3 Å². The smallest absolute Gasteiger partial charge is 0.326 e. The van der Waals surface area contributed by atoms with E-state index in [9.17, 15) is 9.18 Å². The van der Waals surface area contributed by atoms with Gasteiger partial charge >= 0.3 is 5.97 Å². The number of carbonyl (C=O) groups excluding carboxylic acids is 1. The number of imidazole rings is 1. The SMILES string of the molecule is CCOC(=O)Cn1c(=N)n(CCOc2ccc(F)cc2)c2ccccc21.Cl. The van der Waals surface area contributed by atoms with E-state index in [1.807, 2.05) is 24.3 Å². The third-order valence-corrected chi connectivity index (χ3v) is 3.96. The number of aromatic nitrogens is 2. The highest BCUT2D eigenvalue weighted by atomic mass is 35.5. The minimum Gasteiger partial charge on any atom is -0.492 e. The highest BCUT2D eigenvalue weighted by Crippen LogP contribution is 2.14. The standard InChI is InChI=1S/C19H20FN3O3.ClH/c1-2-25-18(24)13-23-17-6-4-3-5-16(17)22(19(23)21)11-12-26-15-9-7-14(20)8-10-15;/h3-10,21H,2,11-13H2,1H3;1H. The molecule has 1 N–H and O–H groups in total. The minimum absolute atomic E-state index is 0. The van der Waals surface area contributed by atoms with Crippen LogP contribution in [0.25, 0.3) is 11.0 Å². The van der Waals surface area contributed by atoms with Gasteiger partial charge in [-0.1, -0.05) is 12.1 Å². The van der Waals surface area contributed by atoms with Crippen molar-refractivity contribution in [2.75, 3.05) is 13.2 Å². The van der Waals surface area contributed by atoms with Crippen molar-refractivity contribution in [2.45, 2.75) is 20.0 Å². The predicted octanol–water partition coefficient (Wildman–Crippen LogP) is 3.13. The molecule has 0 fully saturated rings. The molecule has 0 bridgehead atoms. The van der Waals surface area contributed by atoms with Gasteiger partial charge in [-0.2, -0.15) is 0 Å². The summed E-state index contributed by atoms with van der Waals surface area (Å²) in [5, 5.41) is 8.42. The molecule has 0 amide bonds. The van der Waals surface area contributed by atoms with E-state index in [0.29, 0.717) is 25.5 Å². The molecule has 3 aromatic rings. The number of esters is 1. The van der Waals surface area contributed by atoms with E-state index in [1.165, 1.54) is 12.1 Å². The molecule has 1 aromatic heterocycles. The number of hydrogen-bond acceptors (Lipinski definition) is 4. The zero-order valence-electron chi connectivity index (χ0n) is 14.9. The van der Waals surface area contributed by atoms with Gasteiger partial charge in [-0.3, -0.25) is 14.8 Å². The second-order valence-corrected chi connectivity index (χ2v) is 5.66. The number of carbonyl (C=O) groups is 1. The maximum atomic E-state index is 12.9. The van der Waals surface area contributed by atoms with E-state index >= 15 is 0 Å². The van der Waals surface area contributed by atoms with Crippen molar-refractivity contribution in [1.82, 2.24) is 9.13 Å². The average molecular weight is 394 g/mol. The minimum atomic E-state index is -0.378. The molecule has 144 valence electrons. The van der Waals surface area contributed by atoms with Gasteiger partial charge in [0.2, 0.25) is 5.62 Å². The summed E-state index contributed by atoms with van der Waals surface area (Å²) in [7, 11) is 0. The molecule has 8 heteroatoms. The van der Waals surface area contributed by atoms with Crippen LogP contribution in [0.4, 0.5) is 4.39 Å². The summed E-state index contributed by atoms with van der Waals surface area (Å²) in [5.41, 5.74) is 1.82. The molecule has 0 aliphatic heterocycles. The van der Waals surface area contributed by atoms with Gasteiger partial charge in [0, 0.05) is 0 Å². The van der Waals surface area contributed by atoms with Crippen LogP contribution in [0.2, 0.25) is 0 Å². The Morgan fingerprint density at radius 2 is 1.70 bits per heavy atom. The average Bonchev–Trinajstić information content (AvgIpc) is 2.89. The van der Waals surface area contributed by atoms with Crippen molar-refractivity contribution in [3.8, 4) is 5.75 Å². The number of hydrogen-bond donors (Lipinski definition) is 1. The maximum absolute atomic E-state index is 12.9. The molecule has 3 rings (SSSR count). The number of rotatable bonds is 7. The van der Waals surface area contributed by atoms with Crippen LogP contribution in [0.15, 0.2) is 48.5 Å². The first-order valence-corrected chi connectivity index (χ1v) is 8.36. The molecule has 0 saturated carbocycles. The summed E-state index contributed by atoms with van der Waals surface area (Å²) in [6.07, 6.45) is 0. The number of ether oxygens (including phenoxy) is 2. The van der Waals surface area contributed by atoms with Gasteiger partial charge in [0.15, 0.2) is 0 Å². The van der Waals surface area contributed by atoms with Gasteiger partial charge in [0.25, 0.3) is 0 Å². The number of benzene rings is 2. The summed E-state index contributed by atoms with van der Waals surface area (Å²) in [6, 6.07) is 13.3. The van der Waals surface area contributed by atoms with E-state index in [0.717, 1.165) is 11.0 Å². The highest BCUT2D eigenvalue weighted by Gasteiger charge is 2.13. The largest absolute Gasteiger partial charge is 0.492 e. The summed E-state index contributed by atoms with van der Waals surface area (Å²) in [6.45, 7) is 2.78. The second-order valence-electron chi connectivity index (χ2n) is 5.66. The lowest BCUT2D eigenvalue weighted by Crippen LogP contribution is -2.29.